The van der Waals surface area contributed by atoms with Gasteiger partial charge in [0.2, 0.25) is 0 Å². The normalized spacial score (nSPS) is 22.7. The molecule has 1 saturated heterocycles. The first kappa shape index (κ1) is 13.4. The van der Waals surface area contributed by atoms with Crippen LogP contribution in [-0.2, 0) is 0 Å². The molecule has 0 spiro atoms. The maximum atomic E-state index is 6.33. The van der Waals surface area contributed by atoms with E-state index in [-0.39, 0.29) is 6.04 Å². The standard InChI is InChI=1S/C15H24N2O/c1-12-6-5-9-17(10-12)11-14(16)13-7-3-4-8-15(13)18-2/h3-4,7-8,12,14H,5-6,9-11,16H2,1-2H3. The molecule has 2 N–H and O–H groups in total. The smallest absolute Gasteiger partial charge is 0.123 e. The van der Waals surface area contributed by atoms with Gasteiger partial charge < -0.3 is 15.4 Å². The summed E-state index contributed by atoms with van der Waals surface area (Å²) in [6.45, 7) is 5.58. The Morgan fingerprint density at radius 1 is 1.44 bits per heavy atom. The molecule has 1 aliphatic rings. The molecule has 0 saturated carbocycles. The second kappa shape index (κ2) is 6.21. The van der Waals surface area contributed by atoms with Crippen molar-refractivity contribution in [1.29, 1.82) is 0 Å². The fourth-order valence-electron chi connectivity index (χ4n) is 2.80. The Morgan fingerprint density at radius 2 is 2.22 bits per heavy atom. The van der Waals surface area contributed by atoms with E-state index in [1.807, 2.05) is 18.2 Å². The summed E-state index contributed by atoms with van der Waals surface area (Å²) in [5.74, 6) is 1.69. The first-order chi connectivity index (χ1) is 8.70. The number of nitrogens with zero attached hydrogens (tertiary/aromatic N) is 1. The van der Waals surface area contributed by atoms with Crippen molar-refractivity contribution in [2.75, 3.05) is 26.7 Å². The van der Waals surface area contributed by atoms with Crippen LogP contribution in [0.5, 0.6) is 5.75 Å². The molecule has 18 heavy (non-hydrogen) atoms. The number of nitrogens with two attached hydrogens (primary N) is 1. The number of methoxy groups -OCH3 is 1. The summed E-state index contributed by atoms with van der Waals surface area (Å²) in [5.41, 5.74) is 7.44. The molecule has 3 nitrogen and oxygen atoms in total. The van der Waals surface area contributed by atoms with E-state index in [9.17, 15) is 0 Å². The number of hydrogen-bond donors (Lipinski definition) is 1. The molecule has 0 aliphatic carbocycles. The lowest BCUT2D eigenvalue weighted by atomic mass is 9.98. The van der Waals surface area contributed by atoms with Gasteiger partial charge in [-0.05, 0) is 31.4 Å². The molecule has 2 rings (SSSR count). The van der Waals surface area contributed by atoms with Crippen LogP contribution in [0.1, 0.15) is 31.4 Å². The van der Waals surface area contributed by atoms with Crippen LogP contribution in [0.25, 0.3) is 0 Å². The maximum Gasteiger partial charge on any atom is 0.123 e. The zero-order valence-corrected chi connectivity index (χ0v) is 11.4. The van der Waals surface area contributed by atoms with E-state index in [2.05, 4.69) is 17.9 Å². The molecule has 1 fully saturated rings. The third kappa shape index (κ3) is 3.24. The Balaban J connectivity index is 2.00. The van der Waals surface area contributed by atoms with Gasteiger partial charge in [-0.15, -0.1) is 0 Å². The number of para-hydroxylation sites is 1. The second-order valence-electron chi connectivity index (χ2n) is 5.36. The van der Waals surface area contributed by atoms with Gasteiger partial charge in [0.05, 0.1) is 7.11 Å². The third-order valence-corrected chi connectivity index (χ3v) is 3.73. The van der Waals surface area contributed by atoms with Crippen molar-refractivity contribution in [3.8, 4) is 5.75 Å². The summed E-state index contributed by atoms with van der Waals surface area (Å²) in [4.78, 5) is 2.48. The SMILES string of the molecule is COc1ccccc1C(N)CN1CCCC(C)C1. The van der Waals surface area contributed by atoms with E-state index in [1.165, 1.54) is 25.9 Å². The number of piperidine rings is 1. The van der Waals surface area contributed by atoms with E-state index < -0.39 is 0 Å². The average Bonchev–Trinajstić information content (AvgIpc) is 2.38. The van der Waals surface area contributed by atoms with Gasteiger partial charge in [0, 0.05) is 24.7 Å². The minimum Gasteiger partial charge on any atom is -0.496 e. The Hall–Kier alpha value is -1.06. The van der Waals surface area contributed by atoms with Crippen LogP contribution >= 0.6 is 0 Å². The molecule has 0 aromatic heterocycles. The minimum absolute atomic E-state index is 0.0337. The van der Waals surface area contributed by atoms with Crippen molar-refractivity contribution in [3.63, 3.8) is 0 Å². The summed E-state index contributed by atoms with van der Waals surface area (Å²) in [6.07, 6.45) is 2.64. The molecular weight excluding hydrogens is 224 g/mol. The molecule has 0 radical (unpaired) electrons. The van der Waals surface area contributed by atoms with Crippen LogP contribution in [0.3, 0.4) is 0 Å². The quantitative estimate of drug-likeness (QED) is 0.889. The van der Waals surface area contributed by atoms with E-state index in [0.29, 0.717) is 0 Å². The van der Waals surface area contributed by atoms with Gasteiger partial charge in [-0.25, -0.2) is 0 Å². The fourth-order valence-corrected chi connectivity index (χ4v) is 2.80. The number of benzene rings is 1. The van der Waals surface area contributed by atoms with Crippen LogP contribution in [0, 0.1) is 5.92 Å². The lowest BCUT2D eigenvalue weighted by molar-refractivity contribution is 0.174. The monoisotopic (exact) mass is 248 g/mol. The predicted octanol–water partition coefficient (Wildman–Crippen LogP) is 2.43. The second-order valence-corrected chi connectivity index (χ2v) is 5.36. The van der Waals surface area contributed by atoms with Crippen molar-refractivity contribution in [2.45, 2.75) is 25.8 Å². The molecule has 3 heteroatoms. The first-order valence-corrected chi connectivity index (χ1v) is 6.81. The van der Waals surface area contributed by atoms with Gasteiger partial charge >= 0.3 is 0 Å². The van der Waals surface area contributed by atoms with Gasteiger partial charge in [-0.1, -0.05) is 25.1 Å². The Bertz CT molecular complexity index is 381. The molecule has 1 aromatic carbocycles. The molecular formula is C15H24N2O. The average molecular weight is 248 g/mol. The highest BCUT2D eigenvalue weighted by molar-refractivity contribution is 5.35. The van der Waals surface area contributed by atoms with Crippen molar-refractivity contribution >= 4 is 0 Å². The van der Waals surface area contributed by atoms with Gasteiger partial charge in [0.1, 0.15) is 5.75 Å². The predicted molar refractivity (Wildman–Crippen MR) is 74.8 cm³/mol. The van der Waals surface area contributed by atoms with Crippen LogP contribution < -0.4 is 10.5 Å². The molecule has 2 unspecified atom stereocenters. The van der Waals surface area contributed by atoms with Crippen LogP contribution in [0.15, 0.2) is 24.3 Å². The number of likely N-dealkylation sites (tertiary alicyclic amines) is 1. The molecule has 0 bridgehead atoms. The molecule has 1 heterocycles. The van der Waals surface area contributed by atoms with E-state index >= 15 is 0 Å². The highest BCUT2D eigenvalue weighted by Gasteiger charge is 2.20. The molecule has 100 valence electrons. The fraction of sp³-hybridized carbons (Fsp3) is 0.600. The summed E-state index contributed by atoms with van der Waals surface area (Å²) in [5, 5.41) is 0. The van der Waals surface area contributed by atoms with E-state index in [0.717, 1.165) is 23.8 Å². The Morgan fingerprint density at radius 3 is 2.94 bits per heavy atom. The number of hydrogen-bond acceptors (Lipinski definition) is 3. The van der Waals surface area contributed by atoms with Crippen molar-refractivity contribution in [3.05, 3.63) is 29.8 Å². The minimum atomic E-state index is 0.0337. The topological polar surface area (TPSA) is 38.5 Å². The van der Waals surface area contributed by atoms with Crippen molar-refractivity contribution in [1.82, 2.24) is 4.90 Å². The van der Waals surface area contributed by atoms with Gasteiger partial charge in [0.15, 0.2) is 0 Å². The summed E-state index contributed by atoms with van der Waals surface area (Å²) in [7, 11) is 1.70. The summed E-state index contributed by atoms with van der Waals surface area (Å²) in [6, 6.07) is 8.09. The molecule has 1 aliphatic heterocycles. The maximum absolute atomic E-state index is 6.33. The lowest BCUT2D eigenvalue weighted by Gasteiger charge is -2.32. The molecule has 2 atom stereocenters. The van der Waals surface area contributed by atoms with E-state index in [1.54, 1.807) is 7.11 Å². The summed E-state index contributed by atoms with van der Waals surface area (Å²) < 4.78 is 5.38. The highest BCUT2D eigenvalue weighted by Crippen LogP contribution is 2.25. The van der Waals surface area contributed by atoms with E-state index in [4.69, 9.17) is 10.5 Å². The van der Waals surface area contributed by atoms with Gasteiger partial charge in [0.25, 0.3) is 0 Å². The van der Waals surface area contributed by atoms with Crippen LogP contribution in [-0.4, -0.2) is 31.6 Å². The van der Waals surface area contributed by atoms with Gasteiger partial charge in [-0.3, -0.25) is 0 Å². The zero-order chi connectivity index (χ0) is 13.0. The molecule has 1 aromatic rings. The lowest BCUT2D eigenvalue weighted by Crippen LogP contribution is -2.39. The largest absolute Gasteiger partial charge is 0.496 e. The Kier molecular flexibility index (Phi) is 4.61. The summed E-state index contributed by atoms with van der Waals surface area (Å²) >= 11 is 0. The van der Waals surface area contributed by atoms with Crippen LogP contribution in [0.4, 0.5) is 0 Å². The highest BCUT2D eigenvalue weighted by atomic mass is 16.5. The first-order valence-electron chi connectivity index (χ1n) is 6.81. The third-order valence-electron chi connectivity index (χ3n) is 3.73. The molecule has 0 amide bonds. The van der Waals surface area contributed by atoms with Crippen molar-refractivity contribution in [2.24, 2.45) is 11.7 Å². The van der Waals surface area contributed by atoms with Crippen molar-refractivity contribution < 1.29 is 4.74 Å². The Labute approximate surface area is 110 Å². The van der Waals surface area contributed by atoms with Crippen LogP contribution in [0.2, 0.25) is 0 Å². The number of ether oxygens (including phenoxy) is 1. The zero-order valence-electron chi connectivity index (χ0n) is 11.4. The van der Waals surface area contributed by atoms with Gasteiger partial charge in [-0.2, -0.15) is 0 Å². The number of rotatable bonds is 4.